The molecule has 0 spiro atoms. The van der Waals surface area contributed by atoms with E-state index in [1.807, 2.05) is 13.8 Å². The van der Waals surface area contributed by atoms with Gasteiger partial charge in [-0.3, -0.25) is 14.9 Å². The van der Waals surface area contributed by atoms with Gasteiger partial charge in [-0.1, -0.05) is 19.9 Å². The van der Waals surface area contributed by atoms with E-state index in [0.717, 1.165) is 0 Å². The smallest absolute Gasteiger partial charge is 0.309 e. The van der Waals surface area contributed by atoms with Crippen molar-refractivity contribution in [2.24, 2.45) is 5.92 Å². The lowest BCUT2D eigenvalue weighted by Crippen LogP contribution is -2.32. The third-order valence-electron chi connectivity index (χ3n) is 2.49. The number of anilines is 1. The Morgan fingerprint density at radius 1 is 1.50 bits per heavy atom. The number of para-hydroxylation sites is 1. The highest BCUT2D eigenvalue weighted by molar-refractivity contribution is 5.82. The van der Waals surface area contributed by atoms with Gasteiger partial charge >= 0.3 is 5.69 Å². The van der Waals surface area contributed by atoms with Gasteiger partial charge in [-0.25, -0.2) is 0 Å². The van der Waals surface area contributed by atoms with Gasteiger partial charge in [0.2, 0.25) is 5.91 Å². The van der Waals surface area contributed by atoms with E-state index in [1.165, 1.54) is 18.2 Å². The van der Waals surface area contributed by atoms with Crippen LogP contribution in [0.1, 0.15) is 19.4 Å². The number of nitriles is 1. The van der Waals surface area contributed by atoms with Gasteiger partial charge in [0.25, 0.3) is 0 Å². The number of benzene rings is 1. The lowest BCUT2D eigenvalue weighted by molar-refractivity contribution is -0.384. The molecule has 1 rings (SSSR count). The Hall–Kier alpha value is -2.62. The van der Waals surface area contributed by atoms with Crippen LogP contribution in [0.2, 0.25) is 0 Å². The van der Waals surface area contributed by atoms with Crippen LogP contribution in [0, 0.1) is 27.4 Å². The molecule has 1 aromatic carbocycles. The topological polar surface area (TPSA) is 108 Å². The van der Waals surface area contributed by atoms with Gasteiger partial charge in [-0.2, -0.15) is 5.26 Å². The Bertz CT molecular complexity index is 549. The summed E-state index contributed by atoms with van der Waals surface area (Å²) in [4.78, 5) is 21.9. The fraction of sp³-hybridized carbons (Fsp3) is 0.385. The zero-order chi connectivity index (χ0) is 15.1. The molecule has 1 amide bonds. The number of hydrogen-bond acceptors (Lipinski definition) is 5. The monoisotopic (exact) mass is 276 g/mol. The van der Waals surface area contributed by atoms with E-state index in [-0.39, 0.29) is 29.4 Å². The summed E-state index contributed by atoms with van der Waals surface area (Å²) in [7, 11) is 0. The molecule has 0 aliphatic rings. The Balaban J connectivity index is 2.76. The predicted octanol–water partition coefficient (Wildman–Crippen LogP) is 1.65. The molecule has 0 radical (unpaired) electrons. The number of hydrogen-bond donors (Lipinski definition) is 2. The van der Waals surface area contributed by atoms with E-state index in [2.05, 4.69) is 10.6 Å². The summed E-state index contributed by atoms with van der Waals surface area (Å²) in [5.41, 5.74) is -0.192. The highest BCUT2D eigenvalue weighted by atomic mass is 16.6. The van der Waals surface area contributed by atoms with Gasteiger partial charge in [-0.05, 0) is 18.1 Å². The minimum absolute atomic E-state index is 0.0393. The molecule has 106 valence electrons. The lowest BCUT2D eigenvalue weighted by atomic mass is 10.1. The third kappa shape index (κ3) is 4.24. The maximum Gasteiger partial charge on any atom is 0.309 e. The molecule has 0 aliphatic heterocycles. The number of carbonyl (C=O) groups is 1. The van der Waals surface area contributed by atoms with Crippen LogP contribution in [0.3, 0.4) is 0 Å². The zero-order valence-electron chi connectivity index (χ0n) is 11.3. The SMILES string of the molecule is CC(C)CNC(=O)CNc1cccc(C#N)c1[N+](=O)[O-]. The first kappa shape index (κ1) is 15.4. The second-order valence-electron chi connectivity index (χ2n) is 4.62. The summed E-state index contributed by atoms with van der Waals surface area (Å²) in [6.45, 7) is 4.40. The first-order chi connectivity index (χ1) is 9.45. The molecular weight excluding hydrogens is 260 g/mol. The zero-order valence-corrected chi connectivity index (χ0v) is 11.3. The van der Waals surface area contributed by atoms with Crippen molar-refractivity contribution in [1.29, 1.82) is 5.26 Å². The molecular formula is C13H16N4O3. The van der Waals surface area contributed by atoms with E-state index in [0.29, 0.717) is 12.5 Å². The fourth-order valence-corrected chi connectivity index (χ4v) is 1.53. The number of rotatable bonds is 6. The van der Waals surface area contributed by atoms with Crippen molar-refractivity contribution in [3.8, 4) is 6.07 Å². The molecule has 0 saturated heterocycles. The Morgan fingerprint density at radius 3 is 2.75 bits per heavy atom. The number of carbonyl (C=O) groups excluding carboxylic acids is 1. The summed E-state index contributed by atoms with van der Waals surface area (Å²) in [6, 6.07) is 6.12. The number of nitro benzene ring substituents is 1. The normalized spacial score (nSPS) is 9.90. The molecule has 0 aromatic heterocycles. The standard InChI is InChI=1S/C13H16N4O3/c1-9(2)7-16-12(18)8-15-11-5-3-4-10(6-14)13(11)17(19)20/h3-5,9,15H,7-8H2,1-2H3,(H,16,18). The molecule has 0 fully saturated rings. The minimum Gasteiger partial charge on any atom is -0.371 e. The van der Waals surface area contributed by atoms with Crippen molar-refractivity contribution < 1.29 is 9.72 Å². The van der Waals surface area contributed by atoms with Crippen LogP contribution in [0.25, 0.3) is 0 Å². The molecule has 20 heavy (non-hydrogen) atoms. The second-order valence-corrected chi connectivity index (χ2v) is 4.62. The average Bonchev–Trinajstić information content (AvgIpc) is 2.41. The van der Waals surface area contributed by atoms with Crippen molar-refractivity contribution in [3.05, 3.63) is 33.9 Å². The Kier molecular flexibility index (Phi) is 5.47. The maximum absolute atomic E-state index is 11.5. The van der Waals surface area contributed by atoms with Gasteiger partial charge in [0.15, 0.2) is 0 Å². The number of nitrogens with one attached hydrogen (secondary N) is 2. The summed E-state index contributed by atoms with van der Waals surface area (Å²) >= 11 is 0. The predicted molar refractivity (Wildman–Crippen MR) is 74.1 cm³/mol. The van der Waals surface area contributed by atoms with Crippen LogP contribution >= 0.6 is 0 Å². The van der Waals surface area contributed by atoms with E-state index < -0.39 is 4.92 Å². The summed E-state index contributed by atoms with van der Waals surface area (Å²) in [5, 5.41) is 25.2. The van der Waals surface area contributed by atoms with E-state index in [1.54, 1.807) is 6.07 Å². The fourth-order valence-electron chi connectivity index (χ4n) is 1.53. The first-order valence-electron chi connectivity index (χ1n) is 6.13. The minimum atomic E-state index is -0.632. The average molecular weight is 276 g/mol. The van der Waals surface area contributed by atoms with Crippen molar-refractivity contribution in [3.63, 3.8) is 0 Å². The number of nitrogens with zero attached hydrogens (tertiary/aromatic N) is 2. The van der Waals surface area contributed by atoms with Crippen molar-refractivity contribution in [2.45, 2.75) is 13.8 Å². The van der Waals surface area contributed by atoms with Gasteiger partial charge in [0.1, 0.15) is 17.3 Å². The molecule has 7 nitrogen and oxygen atoms in total. The molecule has 0 heterocycles. The van der Waals surface area contributed by atoms with Crippen molar-refractivity contribution in [2.75, 3.05) is 18.4 Å². The van der Waals surface area contributed by atoms with E-state index in [4.69, 9.17) is 5.26 Å². The van der Waals surface area contributed by atoms with Crippen LogP contribution in [0.15, 0.2) is 18.2 Å². The third-order valence-corrected chi connectivity index (χ3v) is 2.49. The highest BCUT2D eigenvalue weighted by Crippen LogP contribution is 2.27. The molecule has 0 atom stereocenters. The van der Waals surface area contributed by atoms with E-state index >= 15 is 0 Å². The van der Waals surface area contributed by atoms with Crippen LogP contribution in [0.4, 0.5) is 11.4 Å². The van der Waals surface area contributed by atoms with Gasteiger partial charge < -0.3 is 10.6 Å². The summed E-state index contributed by atoms with van der Waals surface area (Å²) < 4.78 is 0. The second kappa shape index (κ2) is 7.09. The first-order valence-corrected chi connectivity index (χ1v) is 6.13. The van der Waals surface area contributed by atoms with Crippen molar-refractivity contribution in [1.82, 2.24) is 5.32 Å². The van der Waals surface area contributed by atoms with E-state index in [9.17, 15) is 14.9 Å². The van der Waals surface area contributed by atoms with Crippen molar-refractivity contribution >= 4 is 17.3 Å². The lowest BCUT2D eigenvalue weighted by Gasteiger charge is -2.10. The molecule has 2 N–H and O–H groups in total. The molecule has 7 heteroatoms. The van der Waals surface area contributed by atoms with Crippen LogP contribution in [0.5, 0.6) is 0 Å². The number of nitro groups is 1. The Morgan fingerprint density at radius 2 is 2.20 bits per heavy atom. The summed E-state index contributed by atoms with van der Waals surface area (Å²) in [6.07, 6.45) is 0. The van der Waals surface area contributed by atoms with Gasteiger partial charge in [-0.15, -0.1) is 0 Å². The van der Waals surface area contributed by atoms with Gasteiger partial charge in [0.05, 0.1) is 11.5 Å². The molecule has 1 aromatic rings. The quantitative estimate of drug-likeness (QED) is 0.606. The van der Waals surface area contributed by atoms with Crippen LogP contribution in [-0.2, 0) is 4.79 Å². The van der Waals surface area contributed by atoms with Crippen LogP contribution in [-0.4, -0.2) is 23.9 Å². The number of amides is 1. The van der Waals surface area contributed by atoms with Crippen LogP contribution < -0.4 is 10.6 Å². The summed E-state index contributed by atoms with van der Waals surface area (Å²) in [5.74, 6) is 0.0746. The van der Waals surface area contributed by atoms with Gasteiger partial charge in [0, 0.05) is 6.54 Å². The molecule has 0 aliphatic carbocycles. The largest absolute Gasteiger partial charge is 0.371 e. The highest BCUT2D eigenvalue weighted by Gasteiger charge is 2.19. The maximum atomic E-state index is 11.5. The molecule has 0 bridgehead atoms. The Labute approximate surface area is 116 Å². The molecule has 0 unspecified atom stereocenters. The molecule has 0 saturated carbocycles.